The first-order chi connectivity index (χ1) is 22.1. The van der Waals surface area contributed by atoms with Crippen molar-refractivity contribution in [2.24, 2.45) is 5.10 Å². The number of halogens is 3. The number of aromatic carboxylic acids is 1. The average molecular weight is 654 g/mol. The fourth-order valence-electron chi connectivity index (χ4n) is 5.84. The van der Waals surface area contributed by atoms with Gasteiger partial charge >= 0.3 is 5.97 Å². The van der Waals surface area contributed by atoms with E-state index in [2.05, 4.69) is 5.10 Å². The molecule has 1 saturated heterocycles. The van der Waals surface area contributed by atoms with Crippen LogP contribution in [0.15, 0.2) is 47.6 Å². The summed E-state index contributed by atoms with van der Waals surface area (Å²) < 4.78 is 54.7. The number of carbonyl (C=O) groups is 1. The molecule has 0 aliphatic carbocycles. The van der Waals surface area contributed by atoms with Gasteiger partial charge in [0.15, 0.2) is 11.5 Å². The average Bonchev–Trinajstić information content (AvgIpc) is 3.54. The molecule has 240 valence electrons. The normalized spacial score (nSPS) is 20.3. The van der Waals surface area contributed by atoms with Gasteiger partial charge in [-0.2, -0.15) is 5.10 Å². The molecular formula is C32H30ClF2N5O6. The Morgan fingerprint density at radius 2 is 2.00 bits per heavy atom. The summed E-state index contributed by atoms with van der Waals surface area (Å²) in [5, 5.41) is 15.9. The van der Waals surface area contributed by atoms with Crippen molar-refractivity contribution >= 4 is 40.6 Å². The summed E-state index contributed by atoms with van der Waals surface area (Å²) >= 11 is 5.75. The topological polar surface area (TPSA) is 111 Å². The Morgan fingerprint density at radius 1 is 1.17 bits per heavy atom. The molecule has 0 radical (unpaired) electrons. The number of ether oxygens (including phenoxy) is 4. The van der Waals surface area contributed by atoms with Crippen LogP contribution in [0.4, 0.5) is 14.5 Å². The summed E-state index contributed by atoms with van der Waals surface area (Å²) in [4.78, 5) is 18.7. The van der Waals surface area contributed by atoms with Crippen molar-refractivity contribution in [1.29, 1.82) is 0 Å². The lowest BCUT2D eigenvalue weighted by atomic mass is 10.1. The number of carboxylic acid groups (broad SMARTS) is 1. The number of fused-ring (bicyclic) bond motifs is 2. The molecule has 0 amide bonds. The standard InChI is InChI=1S/C32H30ClF2N5O6/c1-3-43-27-12-18(31(41)42)11-25-29(27)37-28(40(25)15-19-7-10-44-19)16-39-9-8-38(17-36-39)24-5-4-6-26-30(24)46-32(2,45-26)20-13-23(35)21(33)14-22(20)34/h4-6,11-14,17,19H,3,7-10,15-16H2,1-2H3,(H,41,42)/t19-,32?/m0/s1. The Labute approximate surface area is 267 Å². The maximum atomic E-state index is 14.8. The van der Waals surface area contributed by atoms with E-state index in [0.717, 1.165) is 18.6 Å². The number of hydrogen-bond donors (Lipinski definition) is 1. The Hall–Kier alpha value is -4.62. The molecule has 0 bridgehead atoms. The third kappa shape index (κ3) is 5.32. The number of hydrogen-bond acceptors (Lipinski definition) is 9. The Morgan fingerprint density at radius 3 is 2.70 bits per heavy atom. The van der Waals surface area contributed by atoms with Crippen LogP contribution < -0.4 is 19.1 Å². The second kappa shape index (κ2) is 11.6. The van der Waals surface area contributed by atoms with E-state index < -0.39 is 23.4 Å². The molecule has 2 atom stereocenters. The summed E-state index contributed by atoms with van der Waals surface area (Å²) in [5.41, 5.74) is 1.89. The largest absolute Gasteiger partial charge is 0.492 e. The van der Waals surface area contributed by atoms with Crippen molar-refractivity contribution in [2.75, 3.05) is 31.2 Å². The van der Waals surface area contributed by atoms with Crippen molar-refractivity contribution in [3.63, 3.8) is 0 Å². The molecule has 1 fully saturated rings. The summed E-state index contributed by atoms with van der Waals surface area (Å²) in [6, 6.07) is 10.3. The second-order valence-electron chi connectivity index (χ2n) is 11.3. The van der Waals surface area contributed by atoms with E-state index in [4.69, 9.17) is 35.5 Å². The van der Waals surface area contributed by atoms with E-state index in [1.54, 1.807) is 24.5 Å². The van der Waals surface area contributed by atoms with Crippen LogP contribution in [0.1, 0.15) is 42.0 Å². The lowest BCUT2D eigenvalue weighted by molar-refractivity contribution is -0.0707. The molecule has 7 rings (SSSR count). The smallest absolute Gasteiger partial charge is 0.335 e. The number of nitrogens with zero attached hydrogens (tertiary/aromatic N) is 5. The first kappa shape index (κ1) is 30.1. The number of carboxylic acids is 1. The second-order valence-corrected chi connectivity index (χ2v) is 11.7. The van der Waals surface area contributed by atoms with E-state index in [9.17, 15) is 18.7 Å². The van der Waals surface area contributed by atoms with Crippen LogP contribution in [0.3, 0.4) is 0 Å². The van der Waals surface area contributed by atoms with E-state index >= 15 is 0 Å². The van der Waals surface area contributed by atoms with Gasteiger partial charge in [0.25, 0.3) is 5.79 Å². The van der Waals surface area contributed by atoms with Gasteiger partial charge in [0.2, 0.25) is 0 Å². The van der Waals surface area contributed by atoms with Crippen molar-refractivity contribution in [1.82, 2.24) is 14.6 Å². The maximum absolute atomic E-state index is 14.8. The molecule has 0 saturated carbocycles. The molecule has 1 aromatic heterocycles. The van der Waals surface area contributed by atoms with Crippen molar-refractivity contribution in [2.45, 2.75) is 45.2 Å². The minimum atomic E-state index is -1.61. The lowest BCUT2D eigenvalue weighted by Crippen LogP contribution is -2.38. The van der Waals surface area contributed by atoms with Crippen LogP contribution in [-0.2, 0) is 23.6 Å². The van der Waals surface area contributed by atoms with Gasteiger partial charge in [0.05, 0.1) is 59.7 Å². The summed E-state index contributed by atoms with van der Waals surface area (Å²) in [6.07, 6.45) is 2.57. The predicted molar refractivity (Wildman–Crippen MR) is 165 cm³/mol. The Kier molecular flexibility index (Phi) is 7.60. The van der Waals surface area contributed by atoms with Crippen LogP contribution in [0.25, 0.3) is 11.0 Å². The van der Waals surface area contributed by atoms with Gasteiger partial charge in [-0.05, 0) is 49.7 Å². The van der Waals surface area contributed by atoms with Crippen LogP contribution in [-0.4, -0.2) is 64.4 Å². The molecule has 0 spiro atoms. The van der Waals surface area contributed by atoms with Crippen LogP contribution in [0.5, 0.6) is 17.2 Å². The van der Waals surface area contributed by atoms with Crippen molar-refractivity contribution in [3.05, 3.63) is 76.1 Å². The van der Waals surface area contributed by atoms with E-state index in [0.29, 0.717) is 79.2 Å². The highest BCUT2D eigenvalue weighted by atomic mass is 35.5. The fraction of sp³-hybridized carbons (Fsp3) is 0.344. The number of benzene rings is 3. The van der Waals surface area contributed by atoms with Crippen molar-refractivity contribution < 1.29 is 37.6 Å². The molecule has 3 aliphatic rings. The zero-order valence-electron chi connectivity index (χ0n) is 25.0. The van der Waals surface area contributed by atoms with Gasteiger partial charge in [-0.3, -0.25) is 5.01 Å². The number of anilines is 1. The number of imidazole rings is 1. The van der Waals surface area contributed by atoms with Gasteiger partial charge in [0.1, 0.15) is 35.1 Å². The highest BCUT2D eigenvalue weighted by Crippen LogP contribution is 2.50. The summed E-state index contributed by atoms with van der Waals surface area (Å²) in [7, 11) is 0. The van der Waals surface area contributed by atoms with E-state index in [-0.39, 0.29) is 22.3 Å². The molecule has 1 unspecified atom stereocenters. The third-order valence-corrected chi connectivity index (χ3v) is 8.56. The molecule has 46 heavy (non-hydrogen) atoms. The fourth-order valence-corrected chi connectivity index (χ4v) is 5.99. The zero-order chi connectivity index (χ0) is 32.2. The summed E-state index contributed by atoms with van der Waals surface area (Å²) in [5.74, 6) is -2.33. The Balaban J connectivity index is 1.15. The zero-order valence-corrected chi connectivity index (χ0v) is 25.8. The minimum Gasteiger partial charge on any atom is -0.492 e. The lowest BCUT2D eigenvalue weighted by Gasteiger charge is -2.31. The number of hydrazone groups is 1. The highest BCUT2D eigenvalue weighted by Gasteiger charge is 2.43. The van der Waals surface area contributed by atoms with Gasteiger partial charge in [-0.1, -0.05) is 17.7 Å². The number of rotatable bonds is 9. The highest BCUT2D eigenvalue weighted by molar-refractivity contribution is 6.30. The van der Waals surface area contributed by atoms with Crippen LogP contribution >= 0.6 is 11.6 Å². The van der Waals surface area contributed by atoms with E-state index in [1.165, 1.54) is 13.0 Å². The van der Waals surface area contributed by atoms with Crippen LogP contribution in [0, 0.1) is 11.6 Å². The number of para-hydroxylation sites is 1. The van der Waals surface area contributed by atoms with E-state index in [1.807, 2.05) is 27.5 Å². The maximum Gasteiger partial charge on any atom is 0.335 e. The summed E-state index contributed by atoms with van der Waals surface area (Å²) in [6.45, 7) is 6.31. The molecular weight excluding hydrogens is 624 g/mol. The third-order valence-electron chi connectivity index (χ3n) is 8.27. The number of aromatic nitrogens is 2. The monoisotopic (exact) mass is 653 g/mol. The molecule has 4 aromatic rings. The van der Waals surface area contributed by atoms with Gasteiger partial charge in [-0.15, -0.1) is 0 Å². The Bertz CT molecular complexity index is 1880. The molecule has 11 nitrogen and oxygen atoms in total. The van der Waals surface area contributed by atoms with Crippen molar-refractivity contribution in [3.8, 4) is 17.2 Å². The first-order valence-corrected chi connectivity index (χ1v) is 15.2. The molecule has 3 aliphatic heterocycles. The molecule has 4 heterocycles. The van der Waals surface area contributed by atoms with Gasteiger partial charge < -0.3 is 33.5 Å². The molecule has 14 heteroatoms. The predicted octanol–water partition coefficient (Wildman–Crippen LogP) is 5.76. The van der Waals surface area contributed by atoms with Crippen LogP contribution in [0.2, 0.25) is 5.02 Å². The quantitative estimate of drug-likeness (QED) is 0.225. The van der Waals surface area contributed by atoms with Gasteiger partial charge in [-0.25, -0.2) is 18.6 Å². The van der Waals surface area contributed by atoms with Gasteiger partial charge in [0, 0.05) is 20.1 Å². The SMILES string of the molecule is CCOc1cc(C(=O)O)cc2c1nc(CN1CCN(c3cccc4c3OC(C)(c3cc(F)c(Cl)cc3F)O4)C=N1)n2C[C@@H]1CCO1. The first-order valence-electron chi connectivity index (χ1n) is 14.9. The minimum absolute atomic E-state index is 0.00597. The molecule has 3 aromatic carbocycles. The molecule has 1 N–H and O–H groups in total.